The molecule has 1 aromatic carbocycles. The zero-order valence-electron chi connectivity index (χ0n) is 9.46. The summed E-state index contributed by atoms with van der Waals surface area (Å²) >= 11 is 2.29. The molecule has 0 saturated carbocycles. The van der Waals surface area contributed by atoms with Gasteiger partial charge in [-0.1, -0.05) is 13.3 Å². The minimum Gasteiger partial charge on any atom is -0.397 e. The Kier molecular flexibility index (Phi) is 5.22. The van der Waals surface area contributed by atoms with Crippen molar-refractivity contribution in [2.45, 2.75) is 26.7 Å². The molecule has 1 aromatic rings. The van der Waals surface area contributed by atoms with E-state index in [1.54, 1.807) is 0 Å². The van der Waals surface area contributed by atoms with Gasteiger partial charge in [-0.3, -0.25) is 0 Å². The second-order valence-corrected chi connectivity index (χ2v) is 4.88. The number of hydrogen-bond acceptors (Lipinski definition) is 2. The second-order valence-electron chi connectivity index (χ2n) is 3.64. The van der Waals surface area contributed by atoms with Crippen LogP contribution in [0, 0.1) is 3.57 Å². The van der Waals surface area contributed by atoms with E-state index in [4.69, 9.17) is 5.73 Å². The molecule has 0 saturated heterocycles. The SMILES string of the molecule is CCCCN(CC)c1ccc(I)cc1N. The molecule has 2 nitrogen and oxygen atoms in total. The van der Waals surface area contributed by atoms with Gasteiger partial charge in [-0.05, 0) is 54.1 Å². The fourth-order valence-corrected chi connectivity index (χ4v) is 2.13. The standard InChI is InChI=1S/C12H19IN2/c1-3-5-8-15(4-2)12-7-6-10(13)9-11(12)14/h6-7,9H,3-5,8,14H2,1-2H3. The van der Waals surface area contributed by atoms with Crippen molar-refractivity contribution in [2.24, 2.45) is 0 Å². The molecule has 0 fully saturated rings. The number of hydrogen-bond donors (Lipinski definition) is 1. The molecule has 0 spiro atoms. The first-order valence-corrected chi connectivity index (χ1v) is 6.56. The highest BCUT2D eigenvalue weighted by Gasteiger charge is 2.07. The Balaban J connectivity index is 2.81. The van der Waals surface area contributed by atoms with Gasteiger partial charge in [0.15, 0.2) is 0 Å². The molecule has 0 aliphatic rings. The van der Waals surface area contributed by atoms with Crippen molar-refractivity contribution in [3.05, 3.63) is 21.8 Å². The van der Waals surface area contributed by atoms with Crippen molar-refractivity contribution in [3.8, 4) is 0 Å². The molecule has 0 unspecified atom stereocenters. The van der Waals surface area contributed by atoms with E-state index in [9.17, 15) is 0 Å². The Hall–Kier alpha value is -0.450. The third-order valence-electron chi connectivity index (χ3n) is 2.49. The van der Waals surface area contributed by atoms with Crippen LogP contribution in [0.2, 0.25) is 0 Å². The van der Waals surface area contributed by atoms with Crippen LogP contribution in [0.4, 0.5) is 11.4 Å². The van der Waals surface area contributed by atoms with Gasteiger partial charge >= 0.3 is 0 Å². The van der Waals surface area contributed by atoms with Crippen molar-refractivity contribution in [1.82, 2.24) is 0 Å². The molecule has 0 heterocycles. The van der Waals surface area contributed by atoms with Crippen LogP contribution < -0.4 is 10.6 Å². The maximum Gasteiger partial charge on any atom is 0.0600 e. The van der Waals surface area contributed by atoms with Gasteiger partial charge in [0.2, 0.25) is 0 Å². The molecule has 15 heavy (non-hydrogen) atoms. The molecule has 84 valence electrons. The summed E-state index contributed by atoms with van der Waals surface area (Å²) in [7, 11) is 0. The van der Waals surface area contributed by atoms with Crippen molar-refractivity contribution < 1.29 is 0 Å². The smallest absolute Gasteiger partial charge is 0.0600 e. The minimum absolute atomic E-state index is 0.889. The predicted octanol–water partition coefficient (Wildman–Crippen LogP) is 3.50. The summed E-state index contributed by atoms with van der Waals surface area (Å²) in [5.41, 5.74) is 8.08. The molecule has 0 aliphatic carbocycles. The predicted molar refractivity (Wildman–Crippen MR) is 76.4 cm³/mol. The van der Waals surface area contributed by atoms with Crippen LogP contribution in [0.15, 0.2) is 18.2 Å². The van der Waals surface area contributed by atoms with E-state index in [1.807, 2.05) is 6.07 Å². The largest absolute Gasteiger partial charge is 0.397 e. The number of anilines is 2. The maximum atomic E-state index is 6.02. The number of nitrogen functional groups attached to an aromatic ring is 1. The first-order chi connectivity index (χ1) is 7.19. The lowest BCUT2D eigenvalue weighted by Crippen LogP contribution is -2.24. The molecule has 2 N–H and O–H groups in total. The molecule has 0 amide bonds. The van der Waals surface area contributed by atoms with E-state index < -0.39 is 0 Å². The Bertz CT molecular complexity index is 312. The van der Waals surface area contributed by atoms with Gasteiger partial charge in [0.25, 0.3) is 0 Å². The summed E-state index contributed by atoms with van der Waals surface area (Å²) in [5, 5.41) is 0. The number of unbranched alkanes of at least 4 members (excludes halogenated alkanes) is 1. The van der Waals surface area contributed by atoms with Gasteiger partial charge in [0.1, 0.15) is 0 Å². The number of nitrogens with two attached hydrogens (primary N) is 1. The summed E-state index contributed by atoms with van der Waals surface area (Å²) in [6.45, 7) is 6.50. The lowest BCUT2D eigenvalue weighted by Gasteiger charge is -2.24. The van der Waals surface area contributed by atoms with Crippen molar-refractivity contribution >= 4 is 34.0 Å². The Labute approximate surface area is 106 Å². The van der Waals surface area contributed by atoms with E-state index in [2.05, 4.69) is 53.5 Å². The fraction of sp³-hybridized carbons (Fsp3) is 0.500. The lowest BCUT2D eigenvalue weighted by atomic mass is 10.2. The molecule has 0 atom stereocenters. The average molecular weight is 318 g/mol. The maximum absolute atomic E-state index is 6.02. The van der Waals surface area contributed by atoms with Gasteiger partial charge in [0.05, 0.1) is 11.4 Å². The molecule has 0 aliphatic heterocycles. The van der Waals surface area contributed by atoms with Crippen molar-refractivity contribution in [3.63, 3.8) is 0 Å². The highest BCUT2D eigenvalue weighted by Crippen LogP contribution is 2.25. The van der Waals surface area contributed by atoms with Crippen LogP contribution in [-0.2, 0) is 0 Å². The Morgan fingerprint density at radius 3 is 2.60 bits per heavy atom. The lowest BCUT2D eigenvalue weighted by molar-refractivity contribution is 0.733. The van der Waals surface area contributed by atoms with Gasteiger partial charge in [-0.2, -0.15) is 0 Å². The van der Waals surface area contributed by atoms with E-state index in [0.29, 0.717) is 0 Å². The van der Waals surface area contributed by atoms with Crippen LogP contribution in [0.25, 0.3) is 0 Å². The number of rotatable bonds is 5. The molecular formula is C12H19IN2. The number of benzene rings is 1. The highest BCUT2D eigenvalue weighted by atomic mass is 127. The zero-order valence-corrected chi connectivity index (χ0v) is 11.6. The van der Waals surface area contributed by atoms with Gasteiger partial charge < -0.3 is 10.6 Å². The van der Waals surface area contributed by atoms with Crippen LogP contribution in [0.3, 0.4) is 0 Å². The van der Waals surface area contributed by atoms with E-state index in [0.717, 1.165) is 18.8 Å². The average Bonchev–Trinajstić information content (AvgIpc) is 2.21. The molecule has 0 aromatic heterocycles. The monoisotopic (exact) mass is 318 g/mol. The van der Waals surface area contributed by atoms with Crippen LogP contribution in [0.5, 0.6) is 0 Å². The first kappa shape index (κ1) is 12.6. The molecular weight excluding hydrogens is 299 g/mol. The minimum atomic E-state index is 0.889. The summed E-state index contributed by atoms with van der Waals surface area (Å²) in [6.07, 6.45) is 2.44. The third kappa shape index (κ3) is 3.55. The number of nitrogens with zero attached hydrogens (tertiary/aromatic N) is 1. The number of halogens is 1. The molecule has 1 rings (SSSR count). The first-order valence-electron chi connectivity index (χ1n) is 5.49. The van der Waals surface area contributed by atoms with E-state index in [1.165, 1.54) is 22.1 Å². The summed E-state index contributed by atoms with van der Waals surface area (Å²) in [6, 6.07) is 6.27. The molecule has 3 heteroatoms. The zero-order chi connectivity index (χ0) is 11.3. The fourth-order valence-electron chi connectivity index (χ4n) is 1.61. The summed E-state index contributed by atoms with van der Waals surface area (Å²) in [5.74, 6) is 0. The van der Waals surface area contributed by atoms with Gasteiger partial charge in [-0.15, -0.1) is 0 Å². The van der Waals surface area contributed by atoms with Crippen molar-refractivity contribution in [2.75, 3.05) is 23.7 Å². The normalized spacial score (nSPS) is 10.3. The Morgan fingerprint density at radius 1 is 1.33 bits per heavy atom. The van der Waals surface area contributed by atoms with Crippen molar-refractivity contribution in [1.29, 1.82) is 0 Å². The highest BCUT2D eigenvalue weighted by molar-refractivity contribution is 14.1. The molecule has 0 bridgehead atoms. The van der Waals surface area contributed by atoms with Gasteiger partial charge in [0, 0.05) is 16.7 Å². The van der Waals surface area contributed by atoms with E-state index >= 15 is 0 Å². The second kappa shape index (κ2) is 6.20. The molecule has 0 radical (unpaired) electrons. The van der Waals surface area contributed by atoms with E-state index in [-0.39, 0.29) is 0 Å². The van der Waals surface area contributed by atoms with Crippen LogP contribution >= 0.6 is 22.6 Å². The topological polar surface area (TPSA) is 29.3 Å². The summed E-state index contributed by atoms with van der Waals surface area (Å²) in [4.78, 5) is 2.34. The quantitative estimate of drug-likeness (QED) is 0.665. The summed E-state index contributed by atoms with van der Waals surface area (Å²) < 4.78 is 1.19. The third-order valence-corrected chi connectivity index (χ3v) is 3.16. The van der Waals surface area contributed by atoms with Crippen LogP contribution in [0.1, 0.15) is 26.7 Å². The van der Waals surface area contributed by atoms with Gasteiger partial charge in [-0.25, -0.2) is 0 Å². The van der Waals surface area contributed by atoms with Crippen LogP contribution in [-0.4, -0.2) is 13.1 Å². The Morgan fingerprint density at radius 2 is 2.07 bits per heavy atom.